The Kier molecular flexibility index (Phi) is 35.6. The highest BCUT2D eigenvalue weighted by molar-refractivity contribution is 7.47. The summed E-state index contributed by atoms with van der Waals surface area (Å²) in [6.07, 6.45) is 41.2. The maximum Gasteiger partial charge on any atom is 0.472 e. The van der Waals surface area contributed by atoms with Crippen LogP contribution in [0.5, 0.6) is 0 Å². The van der Waals surface area contributed by atoms with Crippen LogP contribution < -0.4 is 5.73 Å². The van der Waals surface area contributed by atoms with Gasteiger partial charge in [-0.1, -0.05) is 146 Å². The number of ether oxygens (including phenoxy) is 2. The van der Waals surface area contributed by atoms with Crippen molar-refractivity contribution in [3.63, 3.8) is 0 Å². The lowest BCUT2D eigenvalue weighted by Crippen LogP contribution is -2.28. The molecule has 0 aliphatic carbocycles. The summed E-state index contributed by atoms with van der Waals surface area (Å²) in [7, 11) is -4.28. The van der Waals surface area contributed by atoms with Gasteiger partial charge < -0.3 is 20.1 Å². The molecule has 48 heavy (non-hydrogen) atoms. The third-order valence-corrected chi connectivity index (χ3v) is 8.74. The van der Waals surface area contributed by atoms with Crippen molar-refractivity contribution in [2.75, 3.05) is 33.0 Å². The molecule has 8 nitrogen and oxygen atoms in total. The van der Waals surface area contributed by atoms with Gasteiger partial charge in [0.05, 0.1) is 19.8 Å². The predicted molar refractivity (Wildman–Crippen MR) is 201 cm³/mol. The van der Waals surface area contributed by atoms with Crippen molar-refractivity contribution in [2.24, 2.45) is 5.73 Å². The third kappa shape index (κ3) is 35.8. The first-order valence-electron chi connectivity index (χ1n) is 19.1. The van der Waals surface area contributed by atoms with E-state index in [0.717, 1.165) is 51.4 Å². The quantitative estimate of drug-likeness (QED) is 0.0287. The highest BCUT2D eigenvalue weighted by Gasteiger charge is 2.25. The van der Waals surface area contributed by atoms with Crippen LogP contribution in [-0.4, -0.2) is 49.9 Å². The molecule has 0 saturated carbocycles. The Morgan fingerprint density at radius 2 is 1.17 bits per heavy atom. The van der Waals surface area contributed by atoms with Crippen molar-refractivity contribution in [3.05, 3.63) is 48.6 Å². The van der Waals surface area contributed by atoms with E-state index in [1.54, 1.807) is 0 Å². The van der Waals surface area contributed by atoms with Gasteiger partial charge in [-0.25, -0.2) is 4.57 Å². The summed E-state index contributed by atoms with van der Waals surface area (Å²) < 4.78 is 33.3. The smallest absolute Gasteiger partial charge is 0.457 e. The third-order valence-electron chi connectivity index (χ3n) is 7.76. The van der Waals surface area contributed by atoms with Gasteiger partial charge in [0.25, 0.3) is 0 Å². The van der Waals surface area contributed by atoms with Crippen molar-refractivity contribution >= 4 is 13.8 Å². The molecule has 0 rings (SSSR count). The topological polar surface area (TPSA) is 117 Å². The van der Waals surface area contributed by atoms with Crippen LogP contribution in [0, 0.1) is 0 Å². The van der Waals surface area contributed by atoms with Crippen LogP contribution >= 0.6 is 7.82 Å². The monoisotopic (exact) mass is 698 g/mol. The number of phosphoric acid groups is 1. The minimum Gasteiger partial charge on any atom is -0.457 e. The summed E-state index contributed by atoms with van der Waals surface area (Å²) in [5, 5.41) is 0. The number of unbranched alkanes of at least 4 members (excludes halogenated alkanes) is 15. The van der Waals surface area contributed by atoms with E-state index in [9.17, 15) is 14.3 Å². The van der Waals surface area contributed by atoms with E-state index in [1.807, 2.05) is 0 Å². The average Bonchev–Trinajstić information content (AvgIpc) is 3.07. The van der Waals surface area contributed by atoms with E-state index in [0.29, 0.717) is 13.0 Å². The Balaban J connectivity index is 4.17. The average molecular weight is 698 g/mol. The number of nitrogens with two attached hydrogens (primary N) is 1. The lowest BCUT2D eigenvalue weighted by Gasteiger charge is -2.20. The van der Waals surface area contributed by atoms with Gasteiger partial charge in [0.15, 0.2) is 0 Å². The summed E-state index contributed by atoms with van der Waals surface area (Å²) in [5.74, 6) is -0.371. The second-order valence-electron chi connectivity index (χ2n) is 12.4. The Morgan fingerprint density at radius 3 is 1.71 bits per heavy atom. The molecule has 0 aliphatic rings. The zero-order chi connectivity index (χ0) is 35.2. The van der Waals surface area contributed by atoms with Crippen molar-refractivity contribution in [2.45, 2.75) is 161 Å². The summed E-state index contributed by atoms with van der Waals surface area (Å²) in [6, 6.07) is 0. The highest BCUT2D eigenvalue weighted by atomic mass is 31.2. The van der Waals surface area contributed by atoms with E-state index in [-0.39, 0.29) is 38.8 Å². The van der Waals surface area contributed by atoms with Crippen molar-refractivity contribution in [1.29, 1.82) is 0 Å². The Bertz CT molecular complexity index is 874. The lowest BCUT2D eigenvalue weighted by atomic mass is 10.0. The summed E-state index contributed by atoms with van der Waals surface area (Å²) in [5.41, 5.74) is 5.35. The number of allylic oxidation sites excluding steroid dienone is 8. The van der Waals surface area contributed by atoms with Crippen LogP contribution in [-0.2, 0) is 27.9 Å². The molecule has 0 aromatic rings. The number of carbonyl (C=O) groups excluding carboxylic acids is 1. The molecular formula is C39H72NO7P. The molecular weight excluding hydrogens is 625 g/mol. The van der Waals surface area contributed by atoms with E-state index in [4.69, 9.17) is 24.3 Å². The lowest BCUT2D eigenvalue weighted by molar-refractivity contribution is -0.154. The SMILES string of the molecule is CC/C=C\C/C=C\C/C=C\C/C=C\CCCCC(=O)O[C@H](COCCCCCCCCCCCCCCCC)COP(=O)(O)OCCN. The Labute approximate surface area is 294 Å². The fourth-order valence-electron chi connectivity index (χ4n) is 4.99. The number of carbonyl (C=O) groups is 1. The Hall–Kier alpha value is -1.54. The maximum absolute atomic E-state index is 12.5. The maximum atomic E-state index is 12.5. The molecule has 9 heteroatoms. The van der Waals surface area contributed by atoms with Gasteiger partial charge in [0, 0.05) is 19.6 Å². The molecule has 0 aliphatic heterocycles. The summed E-state index contributed by atoms with van der Waals surface area (Å²) in [4.78, 5) is 22.4. The normalized spacial score (nSPS) is 14.2. The number of esters is 1. The van der Waals surface area contributed by atoms with Crippen LogP contribution in [0.1, 0.15) is 155 Å². The zero-order valence-electron chi connectivity index (χ0n) is 30.7. The largest absolute Gasteiger partial charge is 0.472 e. The van der Waals surface area contributed by atoms with Crippen LogP contribution in [0.25, 0.3) is 0 Å². The first kappa shape index (κ1) is 46.5. The molecule has 0 fully saturated rings. The highest BCUT2D eigenvalue weighted by Crippen LogP contribution is 2.43. The summed E-state index contributed by atoms with van der Waals surface area (Å²) in [6.45, 7) is 4.74. The van der Waals surface area contributed by atoms with Gasteiger partial charge in [-0.2, -0.15) is 0 Å². The molecule has 0 spiro atoms. The molecule has 0 bridgehead atoms. The molecule has 0 aromatic heterocycles. The minimum absolute atomic E-state index is 0.0928. The van der Waals surface area contributed by atoms with Crippen molar-refractivity contribution in [3.8, 4) is 0 Å². The summed E-state index contributed by atoms with van der Waals surface area (Å²) >= 11 is 0. The molecule has 0 amide bonds. The van der Waals surface area contributed by atoms with Crippen molar-refractivity contribution < 1.29 is 32.8 Å². The number of phosphoric ester groups is 1. The zero-order valence-corrected chi connectivity index (χ0v) is 31.6. The second-order valence-corrected chi connectivity index (χ2v) is 13.9. The number of rotatable bonds is 36. The van der Waals surface area contributed by atoms with E-state index in [2.05, 4.69) is 62.5 Å². The van der Waals surface area contributed by atoms with Gasteiger partial charge >= 0.3 is 13.8 Å². The molecule has 0 saturated heterocycles. The standard InChI is InChI=1S/C39H72NO7P/c1-3-5-7-9-11-13-15-17-19-20-22-24-26-28-30-32-39(41)47-38(37-46-48(42,43)45-35-33-40)36-44-34-31-29-27-25-23-21-18-16-14-12-10-8-6-4-2/h5,7,11,13,17,19,22,24,38H,3-4,6,8-10,12,14-16,18,20-21,23,25-37,40H2,1-2H3,(H,42,43)/b7-5-,13-11-,19-17-,24-22-/t38-/m1/s1. The van der Waals surface area contributed by atoms with Gasteiger partial charge in [-0.3, -0.25) is 13.8 Å². The Morgan fingerprint density at radius 1 is 0.646 bits per heavy atom. The van der Waals surface area contributed by atoms with Gasteiger partial charge in [-0.05, 0) is 51.4 Å². The first-order chi connectivity index (χ1) is 23.4. The van der Waals surface area contributed by atoms with Crippen LogP contribution in [0.3, 0.4) is 0 Å². The van der Waals surface area contributed by atoms with Gasteiger partial charge in [0.2, 0.25) is 0 Å². The van der Waals surface area contributed by atoms with Crippen LogP contribution in [0.4, 0.5) is 0 Å². The molecule has 0 heterocycles. The molecule has 1 unspecified atom stereocenters. The minimum atomic E-state index is -4.28. The van der Waals surface area contributed by atoms with Crippen molar-refractivity contribution in [1.82, 2.24) is 0 Å². The molecule has 0 radical (unpaired) electrons. The molecule has 0 aromatic carbocycles. The van der Waals surface area contributed by atoms with Crippen LogP contribution in [0.15, 0.2) is 48.6 Å². The molecule has 2 atom stereocenters. The molecule has 280 valence electrons. The second kappa shape index (κ2) is 36.7. The molecule has 3 N–H and O–H groups in total. The van der Waals surface area contributed by atoms with Gasteiger partial charge in [0.1, 0.15) is 6.10 Å². The fourth-order valence-corrected chi connectivity index (χ4v) is 5.75. The predicted octanol–water partition coefficient (Wildman–Crippen LogP) is 10.9. The van der Waals surface area contributed by atoms with E-state index >= 15 is 0 Å². The number of hydrogen-bond acceptors (Lipinski definition) is 7. The van der Waals surface area contributed by atoms with E-state index < -0.39 is 13.9 Å². The fraction of sp³-hybridized carbons (Fsp3) is 0.769. The van der Waals surface area contributed by atoms with E-state index in [1.165, 1.54) is 77.0 Å². The first-order valence-corrected chi connectivity index (χ1v) is 20.6. The van der Waals surface area contributed by atoms with Crippen LogP contribution in [0.2, 0.25) is 0 Å². The van der Waals surface area contributed by atoms with Gasteiger partial charge in [-0.15, -0.1) is 0 Å². The number of hydrogen-bond donors (Lipinski definition) is 2.